The number of nitrogens with zero attached hydrogens (tertiary/aromatic N) is 3. The van der Waals surface area contributed by atoms with Gasteiger partial charge in [0.05, 0.1) is 19.5 Å². The fourth-order valence-corrected chi connectivity index (χ4v) is 3.12. The molecule has 0 spiro atoms. The van der Waals surface area contributed by atoms with Gasteiger partial charge in [0.2, 0.25) is 5.95 Å². The Kier molecular flexibility index (Phi) is 6.00. The molecule has 9 heteroatoms. The molecule has 2 aromatic heterocycles. The van der Waals surface area contributed by atoms with Crippen molar-refractivity contribution in [1.82, 2.24) is 19.5 Å². The fourth-order valence-electron chi connectivity index (χ4n) is 3.12. The Morgan fingerprint density at radius 3 is 2.96 bits per heavy atom. The van der Waals surface area contributed by atoms with Gasteiger partial charge in [0, 0.05) is 6.61 Å². The van der Waals surface area contributed by atoms with Gasteiger partial charge in [-0.15, -0.1) is 0 Å². The minimum absolute atomic E-state index is 0.0220. The van der Waals surface area contributed by atoms with E-state index < -0.39 is 11.7 Å². The maximum atomic E-state index is 11.7. The molecule has 0 saturated heterocycles. The first-order valence-electron chi connectivity index (χ1n) is 8.68. The molecule has 0 aromatic carbocycles. The molecule has 138 valence electrons. The molecule has 0 amide bonds. The number of aromatic nitrogens is 4. The summed E-state index contributed by atoms with van der Waals surface area (Å²) in [4.78, 5) is 22.2. The van der Waals surface area contributed by atoms with E-state index in [-0.39, 0.29) is 24.8 Å². The zero-order valence-electron chi connectivity index (χ0n) is 14.2. The first-order valence-corrected chi connectivity index (χ1v) is 8.68. The summed E-state index contributed by atoms with van der Waals surface area (Å²) in [5.41, 5.74) is 5.72. The van der Waals surface area contributed by atoms with E-state index >= 15 is 0 Å². The van der Waals surface area contributed by atoms with Crippen LogP contribution in [0.1, 0.15) is 32.1 Å². The number of fused-ring (bicyclic) bond motifs is 1. The van der Waals surface area contributed by atoms with Crippen molar-refractivity contribution in [3.8, 4) is 0 Å². The van der Waals surface area contributed by atoms with Crippen LogP contribution in [0.25, 0.3) is 11.2 Å². The fraction of sp³-hybridized carbons (Fsp3) is 0.688. The number of hydrogen-bond acceptors (Lipinski definition) is 7. The molecule has 1 aliphatic carbocycles. The highest BCUT2D eigenvalue weighted by Crippen LogP contribution is 2.23. The van der Waals surface area contributed by atoms with Crippen LogP contribution in [-0.4, -0.2) is 50.6 Å². The predicted octanol–water partition coefficient (Wildman–Crippen LogP) is 0.634. The minimum atomic E-state index is -0.444. The normalized spacial score (nSPS) is 17.2. The Hall–Kier alpha value is -1.97. The standard InChI is InChI=1S/C16H25N5O4/c17-16-19-14-13(15(23)20-16)18-9-21(14)10-25-12(6-22)8-24-7-11-4-2-1-3-5-11/h9,11-12,22H,1-8,10H2,(H3,17,19,20,23). The van der Waals surface area contributed by atoms with Crippen LogP contribution in [0.15, 0.2) is 11.1 Å². The van der Waals surface area contributed by atoms with Crippen molar-refractivity contribution >= 4 is 17.1 Å². The number of ether oxygens (including phenoxy) is 2. The number of imidazole rings is 1. The summed E-state index contributed by atoms with van der Waals surface area (Å²) >= 11 is 0. The summed E-state index contributed by atoms with van der Waals surface area (Å²) in [6.45, 7) is 0.995. The summed E-state index contributed by atoms with van der Waals surface area (Å²) in [5, 5.41) is 9.47. The van der Waals surface area contributed by atoms with Crippen LogP contribution in [0.3, 0.4) is 0 Å². The first-order chi connectivity index (χ1) is 12.2. The van der Waals surface area contributed by atoms with Crippen molar-refractivity contribution in [3.63, 3.8) is 0 Å². The third kappa shape index (κ3) is 4.56. The molecule has 1 aliphatic rings. The Morgan fingerprint density at radius 2 is 2.20 bits per heavy atom. The third-order valence-electron chi connectivity index (χ3n) is 4.53. The average Bonchev–Trinajstić information content (AvgIpc) is 3.02. The molecular formula is C16H25N5O4. The summed E-state index contributed by atoms with van der Waals surface area (Å²) in [7, 11) is 0. The van der Waals surface area contributed by atoms with Gasteiger partial charge in [-0.2, -0.15) is 4.98 Å². The van der Waals surface area contributed by atoms with E-state index in [4.69, 9.17) is 15.2 Å². The number of hydrogen-bond donors (Lipinski definition) is 3. The number of anilines is 1. The van der Waals surface area contributed by atoms with Crippen LogP contribution >= 0.6 is 0 Å². The second-order valence-corrected chi connectivity index (χ2v) is 6.48. The average molecular weight is 351 g/mol. The smallest absolute Gasteiger partial charge is 0.280 e. The number of aliphatic hydroxyl groups is 1. The second-order valence-electron chi connectivity index (χ2n) is 6.48. The van der Waals surface area contributed by atoms with Gasteiger partial charge in [-0.25, -0.2) is 4.98 Å². The largest absolute Gasteiger partial charge is 0.394 e. The lowest BCUT2D eigenvalue weighted by Crippen LogP contribution is -2.27. The minimum Gasteiger partial charge on any atom is -0.394 e. The molecule has 1 saturated carbocycles. The highest BCUT2D eigenvalue weighted by molar-refractivity contribution is 5.70. The lowest BCUT2D eigenvalue weighted by molar-refractivity contribution is -0.0723. The van der Waals surface area contributed by atoms with E-state index in [1.807, 2.05) is 0 Å². The lowest BCUT2D eigenvalue weighted by atomic mass is 9.90. The molecule has 1 atom stereocenters. The SMILES string of the molecule is Nc1nc2c(ncn2COC(CO)COCC2CCCCC2)c(=O)[nH]1. The number of aromatic amines is 1. The summed E-state index contributed by atoms with van der Waals surface area (Å²) < 4.78 is 13.0. The van der Waals surface area contributed by atoms with Gasteiger partial charge in [0.25, 0.3) is 5.56 Å². The molecule has 9 nitrogen and oxygen atoms in total. The van der Waals surface area contributed by atoms with Crippen LogP contribution < -0.4 is 11.3 Å². The number of nitrogens with one attached hydrogen (secondary N) is 1. The predicted molar refractivity (Wildman–Crippen MR) is 91.9 cm³/mol. The first kappa shape index (κ1) is 17.8. The number of aliphatic hydroxyl groups excluding tert-OH is 1. The van der Waals surface area contributed by atoms with Gasteiger partial charge in [0.1, 0.15) is 12.8 Å². The Bertz CT molecular complexity index is 738. The van der Waals surface area contributed by atoms with Gasteiger partial charge in [-0.05, 0) is 18.8 Å². The topological polar surface area (TPSA) is 128 Å². The maximum Gasteiger partial charge on any atom is 0.280 e. The number of nitrogens with two attached hydrogens (primary N) is 1. The van der Waals surface area contributed by atoms with Crippen molar-refractivity contribution in [3.05, 3.63) is 16.7 Å². The van der Waals surface area contributed by atoms with E-state index in [0.29, 0.717) is 24.8 Å². The molecule has 2 aromatic rings. The van der Waals surface area contributed by atoms with Gasteiger partial charge in [0.15, 0.2) is 11.2 Å². The van der Waals surface area contributed by atoms with Gasteiger partial charge >= 0.3 is 0 Å². The van der Waals surface area contributed by atoms with Crippen molar-refractivity contribution in [2.24, 2.45) is 5.92 Å². The van der Waals surface area contributed by atoms with Crippen molar-refractivity contribution < 1.29 is 14.6 Å². The highest BCUT2D eigenvalue weighted by atomic mass is 16.5. The second kappa shape index (κ2) is 8.41. The van der Waals surface area contributed by atoms with Crippen LogP contribution in [0.4, 0.5) is 5.95 Å². The van der Waals surface area contributed by atoms with Gasteiger partial charge in [-0.1, -0.05) is 19.3 Å². The maximum absolute atomic E-state index is 11.7. The van der Waals surface area contributed by atoms with Crippen LogP contribution in [-0.2, 0) is 16.2 Å². The molecular weight excluding hydrogens is 326 g/mol. The van der Waals surface area contributed by atoms with Crippen molar-refractivity contribution in [2.75, 3.05) is 25.6 Å². The number of rotatable bonds is 8. The highest BCUT2D eigenvalue weighted by Gasteiger charge is 2.16. The van der Waals surface area contributed by atoms with Crippen molar-refractivity contribution in [2.45, 2.75) is 44.9 Å². The molecule has 3 rings (SSSR count). The number of H-pyrrole nitrogens is 1. The van der Waals surface area contributed by atoms with Crippen LogP contribution in [0, 0.1) is 5.92 Å². The third-order valence-corrected chi connectivity index (χ3v) is 4.53. The van der Waals surface area contributed by atoms with Crippen molar-refractivity contribution in [1.29, 1.82) is 0 Å². The lowest BCUT2D eigenvalue weighted by Gasteiger charge is -2.23. The number of nitrogen functional groups attached to an aromatic ring is 1. The van der Waals surface area contributed by atoms with E-state index in [9.17, 15) is 9.90 Å². The van der Waals surface area contributed by atoms with E-state index in [1.54, 1.807) is 4.57 Å². The van der Waals surface area contributed by atoms with E-state index in [2.05, 4.69) is 15.0 Å². The summed E-state index contributed by atoms with van der Waals surface area (Å²) in [6.07, 6.45) is 7.32. The monoisotopic (exact) mass is 351 g/mol. The molecule has 0 aliphatic heterocycles. The molecule has 0 radical (unpaired) electrons. The molecule has 4 N–H and O–H groups in total. The zero-order valence-corrected chi connectivity index (χ0v) is 14.2. The van der Waals surface area contributed by atoms with Crippen LogP contribution in [0.5, 0.6) is 0 Å². The van der Waals surface area contributed by atoms with Gasteiger partial charge in [-0.3, -0.25) is 14.3 Å². The van der Waals surface area contributed by atoms with E-state index in [0.717, 1.165) is 0 Å². The van der Waals surface area contributed by atoms with E-state index in [1.165, 1.54) is 38.4 Å². The molecule has 2 heterocycles. The van der Waals surface area contributed by atoms with Gasteiger partial charge < -0.3 is 20.3 Å². The molecule has 1 unspecified atom stereocenters. The Labute approximate surface area is 145 Å². The molecule has 1 fully saturated rings. The van der Waals surface area contributed by atoms with Crippen LogP contribution in [0.2, 0.25) is 0 Å². The zero-order chi connectivity index (χ0) is 17.6. The summed E-state index contributed by atoms with van der Waals surface area (Å²) in [5.74, 6) is 0.637. The summed E-state index contributed by atoms with van der Waals surface area (Å²) in [6, 6.07) is 0. The Balaban J connectivity index is 1.51. The molecule has 25 heavy (non-hydrogen) atoms. The quantitative estimate of drug-likeness (QED) is 0.636. The molecule has 0 bridgehead atoms. The Morgan fingerprint density at radius 1 is 1.40 bits per heavy atom.